The van der Waals surface area contributed by atoms with Crippen LogP contribution in [0, 0.1) is 16.7 Å². The lowest BCUT2D eigenvalue weighted by Gasteiger charge is -2.08. The fourth-order valence-electron chi connectivity index (χ4n) is 2.57. The Kier molecular flexibility index (Phi) is 19.2. The zero-order valence-corrected chi connectivity index (χ0v) is 19.2. The van der Waals surface area contributed by atoms with Crippen molar-refractivity contribution in [3.8, 4) is 6.07 Å². The molecule has 0 bridgehead atoms. The van der Waals surface area contributed by atoms with Gasteiger partial charge in [-0.1, -0.05) is 12.1 Å². The number of guanidine groups is 1. The van der Waals surface area contributed by atoms with Crippen LogP contribution in [-0.4, -0.2) is 44.0 Å². The van der Waals surface area contributed by atoms with E-state index in [1.165, 1.54) is 0 Å². The van der Waals surface area contributed by atoms with Crippen molar-refractivity contribution in [1.82, 2.24) is 16.0 Å². The van der Waals surface area contributed by atoms with Crippen molar-refractivity contribution < 1.29 is 9.59 Å². The average molecular weight is 474 g/mol. The van der Waals surface area contributed by atoms with Gasteiger partial charge in [0.15, 0.2) is 5.96 Å². The van der Waals surface area contributed by atoms with E-state index in [0.717, 1.165) is 37.1 Å². The Morgan fingerprint density at radius 2 is 1.65 bits per heavy atom. The normalized spacial score (nSPS) is 9.39. The number of aryl methyl sites for hydroxylation is 1. The highest BCUT2D eigenvalue weighted by molar-refractivity contribution is 5.89. The number of nitrogens with zero attached hydrogens (tertiary/aromatic N) is 1. The SMILES string of the molecule is Cl.Cl.N#CCCNCCCCNC(=O)CNC(=O)CCCc1ccc(NC(=N)N)cc1. The molecule has 0 radical (unpaired) electrons. The van der Waals surface area contributed by atoms with Gasteiger partial charge in [0.1, 0.15) is 0 Å². The van der Waals surface area contributed by atoms with Gasteiger partial charge in [0, 0.05) is 31.6 Å². The Morgan fingerprint density at radius 3 is 2.29 bits per heavy atom. The minimum atomic E-state index is -0.190. The minimum Gasteiger partial charge on any atom is -0.370 e. The second kappa shape index (κ2) is 19.4. The van der Waals surface area contributed by atoms with Crippen molar-refractivity contribution in [3.63, 3.8) is 0 Å². The summed E-state index contributed by atoms with van der Waals surface area (Å²) in [7, 11) is 0. The molecular weight excluding hydrogens is 441 g/mol. The number of hydrogen-bond donors (Lipinski definition) is 6. The minimum absolute atomic E-state index is 0. The third kappa shape index (κ3) is 16.9. The van der Waals surface area contributed by atoms with E-state index >= 15 is 0 Å². The lowest BCUT2D eigenvalue weighted by atomic mass is 10.1. The van der Waals surface area contributed by atoms with Gasteiger partial charge in [0.05, 0.1) is 12.6 Å². The fourth-order valence-corrected chi connectivity index (χ4v) is 2.57. The summed E-state index contributed by atoms with van der Waals surface area (Å²) < 4.78 is 0. The number of benzene rings is 1. The van der Waals surface area contributed by atoms with Crippen LogP contribution in [0.2, 0.25) is 0 Å². The van der Waals surface area contributed by atoms with Crippen molar-refractivity contribution in [2.24, 2.45) is 5.73 Å². The van der Waals surface area contributed by atoms with Crippen LogP contribution >= 0.6 is 24.8 Å². The Labute approximate surface area is 196 Å². The first kappa shape index (κ1) is 30.7. The third-order valence-electron chi connectivity index (χ3n) is 4.06. The van der Waals surface area contributed by atoms with Gasteiger partial charge in [0.25, 0.3) is 0 Å². The van der Waals surface area contributed by atoms with Gasteiger partial charge in [0.2, 0.25) is 11.8 Å². The van der Waals surface area contributed by atoms with E-state index in [1.807, 2.05) is 24.3 Å². The van der Waals surface area contributed by atoms with Crippen molar-refractivity contribution in [2.45, 2.75) is 38.5 Å². The number of halogens is 2. The number of nitrogens with two attached hydrogens (primary N) is 1. The molecule has 0 aliphatic rings. The van der Waals surface area contributed by atoms with Gasteiger partial charge in [-0.25, -0.2) is 0 Å². The first-order chi connectivity index (χ1) is 14.0. The molecule has 0 aromatic heterocycles. The maximum atomic E-state index is 11.8. The van der Waals surface area contributed by atoms with Crippen LogP contribution in [0.25, 0.3) is 0 Å². The molecule has 31 heavy (non-hydrogen) atoms. The standard InChI is InChI=1S/C20H31N7O2.2ClH/c21-11-4-13-24-12-1-2-14-25-19(29)15-26-18(28)6-3-5-16-7-9-17(10-8-16)27-20(22)23;;/h7-10,24H,1-6,12-15H2,(H,25,29)(H,26,28)(H4,22,23,27);2*1H. The van der Waals surface area contributed by atoms with Crippen LogP contribution in [0.5, 0.6) is 0 Å². The van der Waals surface area contributed by atoms with Crippen LogP contribution in [0.15, 0.2) is 24.3 Å². The monoisotopic (exact) mass is 473 g/mol. The van der Waals surface area contributed by atoms with Crippen LogP contribution in [0.1, 0.15) is 37.7 Å². The topological polar surface area (TPSA) is 156 Å². The van der Waals surface area contributed by atoms with E-state index in [1.54, 1.807) is 0 Å². The number of anilines is 1. The maximum Gasteiger partial charge on any atom is 0.239 e. The first-order valence-corrected chi connectivity index (χ1v) is 9.82. The molecule has 0 saturated heterocycles. The number of nitrogens with one attached hydrogen (secondary N) is 5. The average Bonchev–Trinajstić information content (AvgIpc) is 2.69. The quantitative estimate of drug-likeness (QED) is 0.137. The summed E-state index contributed by atoms with van der Waals surface area (Å²) in [5.41, 5.74) is 7.11. The Hall–Kier alpha value is -2.54. The summed E-state index contributed by atoms with van der Waals surface area (Å²) >= 11 is 0. The summed E-state index contributed by atoms with van der Waals surface area (Å²) in [6.07, 6.45) is 4.06. The van der Waals surface area contributed by atoms with Gasteiger partial charge in [-0.2, -0.15) is 5.26 Å². The molecule has 1 aromatic carbocycles. The Bertz CT molecular complexity index is 694. The van der Waals surface area contributed by atoms with Crippen LogP contribution in [0.3, 0.4) is 0 Å². The number of rotatable bonds is 14. The molecule has 1 aromatic rings. The lowest BCUT2D eigenvalue weighted by molar-refractivity contribution is -0.126. The molecule has 0 unspecified atom stereocenters. The number of unbranched alkanes of at least 4 members (excludes halogenated alkanes) is 1. The largest absolute Gasteiger partial charge is 0.370 e. The lowest BCUT2D eigenvalue weighted by Crippen LogP contribution is -2.37. The van der Waals surface area contributed by atoms with E-state index in [-0.39, 0.29) is 49.1 Å². The molecule has 2 amide bonds. The van der Waals surface area contributed by atoms with E-state index in [9.17, 15) is 9.59 Å². The molecule has 0 aliphatic carbocycles. The highest BCUT2D eigenvalue weighted by Crippen LogP contribution is 2.11. The highest BCUT2D eigenvalue weighted by Gasteiger charge is 2.05. The smallest absolute Gasteiger partial charge is 0.239 e. The van der Waals surface area contributed by atoms with E-state index in [0.29, 0.717) is 32.4 Å². The number of carbonyl (C=O) groups excluding carboxylic acids is 2. The zero-order valence-electron chi connectivity index (χ0n) is 17.5. The van der Waals surface area contributed by atoms with Crippen LogP contribution in [0.4, 0.5) is 5.69 Å². The van der Waals surface area contributed by atoms with Gasteiger partial charge >= 0.3 is 0 Å². The molecular formula is C20H33Cl2N7O2. The molecule has 9 nitrogen and oxygen atoms in total. The number of hydrogen-bond acceptors (Lipinski definition) is 5. The predicted molar refractivity (Wildman–Crippen MR) is 128 cm³/mol. The summed E-state index contributed by atoms with van der Waals surface area (Å²) in [6.45, 7) is 2.08. The van der Waals surface area contributed by atoms with Crippen molar-refractivity contribution in [2.75, 3.05) is 31.5 Å². The van der Waals surface area contributed by atoms with Crippen LogP contribution < -0.4 is 27.0 Å². The second-order valence-electron chi connectivity index (χ2n) is 6.58. The molecule has 0 fully saturated rings. The summed E-state index contributed by atoms with van der Waals surface area (Å²) in [5.74, 6) is -0.441. The Balaban J connectivity index is 0. The number of amides is 2. The molecule has 7 N–H and O–H groups in total. The van der Waals surface area contributed by atoms with Crippen molar-refractivity contribution in [3.05, 3.63) is 29.8 Å². The fraction of sp³-hybridized carbons (Fsp3) is 0.500. The van der Waals surface area contributed by atoms with Gasteiger partial charge in [-0.05, 0) is 49.9 Å². The predicted octanol–water partition coefficient (Wildman–Crippen LogP) is 1.67. The van der Waals surface area contributed by atoms with Crippen LogP contribution in [-0.2, 0) is 16.0 Å². The molecule has 0 saturated carbocycles. The molecule has 1 rings (SSSR count). The number of carbonyl (C=O) groups is 2. The zero-order chi connectivity index (χ0) is 21.3. The molecule has 174 valence electrons. The van der Waals surface area contributed by atoms with E-state index in [4.69, 9.17) is 16.4 Å². The van der Waals surface area contributed by atoms with Crippen molar-refractivity contribution in [1.29, 1.82) is 10.7 Å². The molecule has 0 heterocycles. The van der Waals surface area contributed by atoms with Crippen molar-refractivity contribution >= 4 is 48.3 Å². The van der Waals surface area contributed by atoms with E-state index in [2.05, 4.69) is 27.3 Å². The third-order valence-corrected chi connectivity index (χ3v) is 4.06. The summed E-state index contributed by atoms with van der Waals surface area (Å²) in [4.78, 5) is 23.6. The van der Waals surface area contributed by atoms with E-state index < -0.39 is 0 Å². The van der Waals surface area contributed by atoms with Gasteiger partial charge in [-0.3, -0.25) is 15.0 Å². The summed E-state index contributed by atoms with van der Waals surface area (Å²) in [5, 5.41) is 26.9. The highest BCUT2D eigenvalue weighted by atomic mass is 35.5. The molecule has 0 atom stereocenters. The maximum absolute atomic E-state index is 11.8. The van der Waals surface area contributed by atoms with Gasteiger partial charge < -0.3 is 27.0 Å². The Morgan fingerprint density at radius 1 is 0.968 bits per heavy atom. The molecule has 0 aliphatic heterocycles. The van der Waals surface area contributed by atoms with Gasteiger partial charge in [-0.15, -0.1) is 24.8 Å². The molecule has 11 heteroatoms. The second-order valence-corrected chi connectivity index (χ2v) is 6.58. The molecule has 0 spiro atoms. The number of nitriles is 1. The first-order valence-electron chi connectivity index (χ1n) is 9.82. The summed E-state index contributed by atoms with van der Waals surface area (Å²) in [6, 6.07) is 9.60.